The number of unbranched alkanes of at least 4 members (excludes halogenated alkanes) is 1. The summed E-state index contributed by atoms with van der Waals surface area (Å²) in [6.45, 7) is 2.94. The van der Waals surface area contributed by atoms with Gasteiger partial charge in [0.05, 0.1) is 11.5 Å². The van der Waals surface area contributed by atoms with Gasteiger partial charge in [0.1, 0.15) is 5.75 Å². The van der Waals surface area contributed by atoms with Crippen LogP contribution in [-0.4, -0.2) is 27.4 Å². The maximum atomic E-state index is 12.3. The first-order valence-corrected chi connectivity index (χ1v) is 10.3. The van der Waals surface area contributed by atoms with Crippen LogP contribution < -0.4 is 9.46 Å². The van der Waals surface area contributed by atoms with E-state index in [0.29, 0.717) is 24.3 Å². The van der Waals surface area contributed by atoms with E-state index in [0.717, 1.165) is 12.8 Å². The van der Waals surface area contributed by atoms with Gasteiger partial charge in [-0.15, -0.1) is 0 Å². The van der Waals surface area contributed by atoms with E-state index in [1.165, 1.54) is 12.1 Å². The first-order valence-electron chi connectivity index (χ1n) is 8.83. The second-order valence-electron chi connectivity index (χ2n) is 5.97. The molecule has 5 nitrogen and oxygen atoms in total. The zero-order valence-corrected chi connectivity index (χ0v) is 15.8. The molecule has 0 spiro atoms. The fraction of sp³-hybridized carbons (Fsp3) is 0.350. The average Bonchev–Trinajstić information content (AvgIpc) is 2.66. The molecule has 140 valence electrons. The normalized spacial score (nSPS) is 11.3. The molecule has 2 rings (SSSR count). The third kappa shape index (κ3) is 6.28. The van der Waals surface area contributed by atoms with Crippen LogP contribution in [0.1, 0.15) is 43.0 Å². The first kappa shape index (κ1) is 20.1. The summed E-state index contributed by atoms with van der Waals surface area (Å²) in [6.07, 6.45) is 2.73. The third-order valence-corrected chi connectivity index (χ3v) is 5.33. The molecule has 6 heteroatoms. The number of nitrogens with one attached hydrogen (secondary N) is 1. The molecular weight excluding hydrogens is 350 g/mol. The monoisotopic (exact) mass is 375 g/mol. The van der Waals surface area contributed by atoms with Crippen LogP contribution in [-0.2, 0) is 10.0 Å². The SMILES string of the molecule is CCCCOc1cccc(C(=O)CCCNS(=O)(=O)c2ccccc2)c1. The average molecular weight is 375 g/mol. The Kier molecular flexibility index (Phi) is 7.81. The molecule has 0 aliphatic carbocycles. The number of hydrogen-bond donors (Lipinski definition) is 1. The van der Waals surface area contributed by atoms with Crippen LogP contribution in [0, 0.1) is 0 Å². The highest BCUT2D eigenvalue weighted by atomic mass is 32.2. The number of benzene rings is 2. The van der Waals surface area contributed by atoms with Crippen LogP contribution in [0.25, 0.3) is 0 Å². The summed E-state index contributed by atoms with van der Waals surface area (Å²) in [4.78, 5) is 12.5. The summed E-state index contributed by atoms with van der Waals surface area (Å²) < 4.78 is 32.3. The van der Waals surface area contributed by atoms with Crippen LogP contribution in [0.2, 0.25) is 0 Å². The minimum absolute atomic E-state index is 0.0233. The van der Waals surface area contributed by atoms with Crippen molar-refractivity contribution in [2.24, 2.45) is 0 Å². The molecule has 0 saturated heterocycles. The van der Waals surface area contributed by atoms with Crippen molar-refractivity contribution in [3.63, 3.8) is 0 Å². The topological polar surface area (TPSA) is 72.5 Å². The molecule has 0 atom stereocenters. The molecule has 2 aromatic rings. The molecule has 0 aliphatic heterocycles. The molecule has 0 fully saturated rings. The summed E-state index contributed by atoms with van der Waals surface area (Å²) in [7, 11) is -3.52. The quantitative estimate of drug-likeness (QED) is 0.479. The second kappa shape index (κ2) is 10.1. The number of rotatable bonds is 11. The number of ether oxygens (including phenoxy) is 1. The Balaban J connectivity index is 1.81. The lowest BCUT2D eigenvalue weighted by atomic mass is 10.1. The van der Waals surface area contributed by atoms with Gasteiger partial charge in [-0.1, -0.05) is 43.7 Å². The standard InChI is InChI=1S/C20H25NO4S/c1-2-3-15-25-18-10-7-9-17(16-18)20(22)13-8-14-21-26(23,24)19-11-5-4-6-12-19/h4-7,9-12,16,21H,2-3,8,13-15H2,1H3. The van der Waals surface area contributed by atoms with Gasteiger partial charge in [-0.2, -0.15) is 0 Å². The highest BCUT2D eigenvalue weighted by Crippen LogP contribution is 2.16. The van der Waals surface area contributed by atoms with E-state index < -0.39 is 10.0 Å². The minimum Gasteiger partial charge on any atom is -0.494 e. The van der Waals surface area contributed by atoms with Crippen LogP contribution in [0.15, 0.2) is 59.5 Å². The molecule has 1 N–H and O–H groups in total. The van der Waals surface area contributed by atoms with Crippen molar-refractivity contribution in [1.29, 1.82) is 0 Å². The van der Waals surface area contributed by atoms with E-state index in [1.54, 1.807) is 36.4 Å². The van der Waals surface area contributed by atoms with Crippen molar-refractivity contribution >= 4 is 15.8 Å². The van der Waals surface area contributed by atoms with Gasteiger partial charge in [-0.05, 0) is 37.1 Å². The van der Waals surface area contributed by atoms with Crippen LogP contribution in [0.3, 0.4) is 0 Å². The number of carbonyl (C=O) groups excluding carboxylic acids is 1. The van der Waals surface area contributed by atoms with Crippen LogP contribution >= 0.6 is 0 Å². The van der Waals surface area contributed by atoms with E-state index in [2.05, 4.69) is 11.6 Å². The fourth-order valence-electron chi connectivity index (χ4n) is 2.38. The van der Waals surface area contributed by atoms with Crippen molar-refractivity contribution in [2.75, 3.05) is 13.2 Å². The zero-order chi connectivity index (χ0) is 18.8. The van der Waals surface area contributed by atoms with Gasteiger partial charge in [0.2, 0.25) is 10.0 Å². The molecule has 26 heavy (non-hydrogen) atoms. The number of Topliss-reactive ketones (excluding diaryl/α,β-unsaturated/α-hetero) is 1. The van der Waals surface area contributed by atoms with Gasteiger partial charge >= 0.3 is 0 Å². The summed E-state index contributed by atoms with van der Waals surface area (Å²) in [5, 5.41) is 0. The van der Waals surface area contributed by atoms with Gasteiger partial charge in [0, 0.05) is 18.5 Å². The Hall–Kier alpha value is -2.18. The molecular formula is C20H25NO4S. The van der Waals surface area contributed by atoms with Crippen molar-refractivity contribution in [3.8, 4) is 5.75 Å². The molecule has 2 aromatic carbocycles. The van der Waals surface area contributed by atoms with Crippen molar-refractivity contribution in [1.82, 2.24) is 4.72 Å². The number of hydrogen-bond acceptors (Lipinski definition) is 4. The number of sulfonamides is 1. The van der Waals surface area contributed by atoms with Gasteiger partial charge in [-0.3, -0.25) is 4.79 Å². The van der Waals surface area contributed by atoms with Crippen LogP contribution in [0.5, 0.6) is 5.75 Å². The maximum absolute atomic E-state index is 12.3. The van der Waals surface area contributed by atoms with Gasteiger partial charge in [-0.25, -0.2) is 13.1 Å². The zero-order valence-electron chi connectivity index (χ0n) is 15.0. The summed E-state index contributed by atoms with van der Waals surface area (Å²) >= 11 is 0. The highest BCUT2D eigenvalue weighted by Gasteiger charge is 2.13. The minimum atomic E-state index is -3.52. The molecule has 0 aromatic heterocycles. The van der Waals surface area contributed by atoms with Crippen molar-refractivity contribution in [2.45, 2.75) is 37.5 Å². The molecule has 0 amide bonds. The smallest absolute Gasteiger partial charge is 0.240 e. The Morgan fingerprint density at radius 3 is 2.54 bits per heavy atom. The summed E-state index contributed by atoms with van der Waals surface area (Å²) in [6, 6.07) is 15.3. The van der Waals surface area contributed by atoms with E-state index in [4.69, 9.17) is 4.74 Å². The molecule has 0 unspecified atom stereocenters. The lowest BCUT2D eigenvalue weighted by Crippen LogP contribution is -2.25. The maximum Gasteiger partial charge on any atom is 0.240 e. The predicted molar refractivity (Wildman–Crippen MR) is 102 cm³/mol. The molecule has 0 heterocycles. The predicted octanol–water partition coefficient (Wildman–Crippen LogP) is 3.81. The second-order valence-corrected chi connectivity index (χ2v) is 7.73. The van der Waals surface area contributed by atoms with E-state index in [9.17, 15) is 13.2 Å². The number of ketones is 1. The molecule has 0 bridgehead atoms. The van der Waals surface area contributed by atoms with Gasteiger partial charge < -0.3 is 4.74 Å². The van der Waals surface area contributed by atoms with E-state index in [1.807, 2.05) is 6.07 Å². The van der Waals surface area contributed by atoms with Crippen molar-refractivity contribution in [3.05, 3.63) is 60.2 Å². The highest BCUT2D eigenvalue weighted by molar-refractivity contribution is 7.89. The largest absolute Gasteiger partial charge is 0.494 e. The van der Waals surface area contributed by atoms with Crippen LogP contribution in [0.4, 0.5) is 0 Å². The molecule has 0 saturated carbocycles. The number of carbonyl (C=O) groups is 1. The Morgan fingerprint density at radius 2 is 1.81 bits per heavy atom. The Bertz CT molecular complexity index is 804. The van der Waals surface area contributed by atoms with Gasteiger partial charge in [0.25, 0.3) is 0 Å². The lowest BCUT2D eigenvalue weighted by Gasteiger charge is -2.08. The summed E-state index contributed by atoms with van der Waals surface area (Å²) in [5.74, 6) is 0.666. The fourth-order valence-corrected chi connectivity index (χ4v) is 3.47. The van der Waals surface area contributed by atoms with E-state index in [-0.39, 0.29) is 23.6 Å². The molecule has 0 radical (unpaired) electrons. The first-order chi connectivity index (χ1) is 12.5. The summed E-state index contributed by atoms with van der Waals surface area (Å²) in [5.41, 5.74) is 0.588. The Morgan fingerprint density at radius 1 is 1.04 bits per heavy atom. The van der Waals surface area contributed by atoms with Gasteiger partial charge in [0.15, 0.2) is 5.78 Å². The van der Waals surface area contributed by atoms with E-state index >= 15 is 0 Å². The Labute approximate surface area is 155 Å². The van der Waals surface area contributed by atoms with Crippen molar-refractivity contribution < 1.29 is 17.9 Å². The third-order valence-electron chi connectivity index (χ3n) is 3.85. The lowest BCUT2D eigenvalue weighted by molar-refractivity contribution is 0.0980. The molecule has 0 aliphatic rings.